The maximum Gasteiger partial charge on any atom is 0.142 e. The van der Waals surface area contributed by atoms with Gasteiger partial charge in [-0.2, -0.15) is 4.37 Å². The summed E-state index contributed by atoms with van der Waals surface area (Å²) >= 11 is 1.48. The molecular weight excluding hydrogens is 182 g/mol. The lowest BCUT2D eigenvalue weighted by molar-refractivity contribution is 0.640. The van der Waals surface area contributed by atoms with Crippen LogP contribution in [0.25, 0.3) is 0 Å². The van der Waals surface area contributed by atoms with Gasteiger partial charge in [-0.3, -0.25) is 0 Å². The third kappa shape index (κ3) is 2.34. The number of hydrogen-bond donors (Lipinski definition) is 1. The molecule has 0 saturated carbocycles. The van der Waals surface area contributed by atoms with Gasteiger partial charge in [-0.25, -0.2) is 0 Å². The fourth-order valence-corrected chi connectivity index (χ4v) is 2.10. The number of nitrogens with two attached hydrogens (primary N) is 1. The van der Waals surface area contributed by atoms with E-state index in [-0.39, 0.29) is 0 Å². The average molecular weight is 199 g/mol. The minimum Gasteiger partial charge on any atom is -0.383 e. The fraction of sp³-hybridized carbons (Fsp3) is 0.667. The van der Waals surface area contributed by atoms with Crippen LogP contribution in [0.1, 0.15) is 19.4 Å². The average Bonchev–Trinajstić information content (AvgIpc) is 2.31. The van der Waals surface area contributed by atoms with Crippen molar-refractivity contribution in [3.8, 4) is 0 Å². The van der Waals surface area contributed by atoms with Crippen molar-refractivity contribution >= 4 is 22.4 Å². The number of rotatable bonds is 3. The van der Waals surface area contributed by atoms with Gasteiger partial charge in [-0.05, 0) is 24.4 Å². The van der Waals surface area contributed by atoms with Crippen LogP contribution in [-0.2, 0) is 0 Å². The highest BCUT2D eigenvalue weighted by Crippen LogP contribution is 2.28. The lowest BCUT2D eigenvalue weighted by atomic mass is 10.2. The molecule has 1 aromatic rings. The zero-order valence-corrected chi connectivity index (χ0v) is 9.48. The maximum absolute atomic E-state index is 5.68. The molecule has 2 N–H and O–H groups in total. The minimum absolute atomic E-state index is 0.660. The van der Waals surface area contributed by atoms with E-state index in [4.69, 9.17) is 5.73 Å². The zero-order chi connectivity index (χ0) is 10.0. The first-order valence-corrected chi connectivity index (χ1v) is 5.22. The number of nitrogens with zero attached hydrogens (tertiary/aromatic N) is 2. The molecule has 1 rings (SSSR count). The van der Waals surface area contributed by atoms with E-state index < -0.39 is 0 Å². The van der Waals surface area contributed by atoms with Gasteiger partial charge in [0.05, 0.1) is 0 Å². The van der Waals surface area contributed by atoms with Crippen LogP contribution < -0.4 is 10.6 Å². The molecule has 0 aliphatic rings. The van der Waals surface area contributed by atoms with Crippen molar-refractivity contribution in [2.24, 2.45) is 5.92 Å². The number of aromatic nitrogens is 1. The van der Waals surface area contributed by atoms with E-state index in [2.05, 4.69) is 30.2 Å². The topological polar surface area (TPSA) is 42.1 Å². The monoisotopic (exact) mass is 199 g/mol. The first-order valence-electron chi connectivity index (χ1n) is 4.45. The lowest BCUT2D eigenvalue weighted by Crippen LogP contribution is -2.22. The second-order valence-corrected chi connectivity index (χ2v) is 4.52. The van der Waals surface area contributed by atoms with E-state index in [1.165, 1.54) is 16.5 Å². The van der Waals surface area contributed by atoms with E-state index in [0.29, 0.717) is 11.7 Å². The van der Waals surface area contributed by atoms with Crippen molar-refractivity contribution in [3.63, 3.8) is 0 Å². The Labute approximate surface area is 83.7 Å². The molecule has 1 heterocycles. The predicted molar refractivity (Wildman–Crippen MR) is 59.4 cm³/mol. The van der Waals surface area contributed by atoms with Crippen molar-refractivity contribution in [1.82, 2.24) is 4.37 Å². The first-order chi connectivity index (χ1) is 6.02. The molecule has 4 heteroatoms. The summed E-state index contributed by atoms with van der Waals surface area (Å²) in [5.74, 6) is 1.32. The number of hydrogen-bond acceptors (Lipinski definition) is 4. The van der Waals surface area contributed by atoms with Crippen molar-refractivity contribution in [1.29, 1.82) is 0 Å². The predicted octanol–water partition coefficient (Wildman–Crippen LogP) is 2.13. The summed E-state index contributed by atoms with van der Waals surface area (Å²) in [4.78, 5) is 2.22. The molecule has 0 saturated heterocycles. The molecule has 0 bridgehead atoms. The number of nitrogen functional groups attached to an aromatic ring is 1. The molecular formula is C9H17N3S. The summed E-state index contributed by atoms with van der Waals surface area (Å²) < 4.78 is 4.12. The van der Waals surface area contributed by atoms with Gasteiger partial charge in [0.2, 0.25) is 0 Å². The largest absolute Gasteiger partial charge is 0.383 e. The molecule has 3 nitrogen and oxygen atoms in total. The third-order valence-electron chi connectivity index (χ3n) is 1.92. The van der Waals surface area contributed by atoms with E-state index in [9.17, 15) is 0 Å². The molecule has 0 radical (unpaired) electrons. The quantitative estimate of drug-likeness (QED) is 0.811. The molecule has 0 aliphatic carbocycles. The summed E-state index contributed by atoms with van der Waals surface area (Å²) in [5.41, 5.74) is 6.79. The number of anilines is 2. The molecule has 0 aliphatic heterocycles. The standard InChI is InChI=1S/C9H17N3S/c1-6(2)5-12(4)9-7(3)8(10)11-13-9/h6H,5H2,1-4H3,(H2,10,11). The normalized spacial score (nSPS) is 10.8. The van der Waals surface area contributed by atoms with Crippen LogP contribution in [-0.4, -0.2) is 18.0 Å². The Morgan fingerprint density at radius 1 is 1.54 bits per heavy atom. The lowest BCUT2D eigenvalue weighted by Gasteiger charge is -2.19. The van der Waals surface area contributed by atoms with E-state index in [1.54, 1.807) is 0 Å². The molecule has 0 fully saturated rings. The Bertz CT molecular complexity index is 280. The molecule has 1 aromatic heterocycles. The SMILES string of the molecule is Cc1c(N)nsc1N(C)CC(C)C. The summed E-state index contributed by atoms with van der Waals surface area (Å²) in [7, 11) is 2.08. The summed E-state index contributed by atoms with van der Waals surface area (Å²) in [6.07, 6.45) is 0. The fourth-order valence-electron chi connectivity index (χ4n) is 1.33. The second-order valence-electron chi connectivity index (χ2n) is 3.77. The first kappa shape index (κ1) is 10.3. The Balaban J connectivity index is 2.76. The molecule has 0 aromatic carbocycles. The molecule has 13 heavy (non-hydrogen) atoms. The van der Waals surface area contributed by atoms with Gasteiger partial charge in [0.25, 0.3) is 0 Å². The van der Waals surface area contributed by atoms with E-state index >= 15 is 0 Å². The van der Waals surface area contributed by atoms with Crippen LogP contribution in [0.5, 0.6) is 0 Å². The van der Waals surface area contributed by atoms with Crippen LogP contribution in [0.2, 0.25) is 0 Å². The van der Waals surface area contributed by atoms with Gasteiger partial charge in [0.15, 0.2) is 0 Å². The van der Waals surface area contributed by atoms with Crippen LogP contribution in [0.4, 0.5) is 10.8 Å². The van der Waals surface area contributed by atoms with Crippen molar-refractivity contribution in [3.05, 3.63) is 5.56 Å². The van der Waals surface area contributed by atoms with Gasteiger partial charge < -0.3 is 10.6 Å². The van der Waals surface area contributed by atoms with Gasteiger partial charge in [-0.15, -0.1) is 0 Å². The van der Waals surface area contributed by atoms with Crippen molar-refractivity contribution < 1.29 is 0 Å². The Kier molecular flexibility index (Phi) is 3.14. The Morgan fingerprint density at radius 3 is 2.54 bits per heavy atom. The second kappa shape index (κ2) is 3.96. The molecule has 74 valence electrons. The van der Waals surface area contributed by atoms with Crippen molar-refractivity contribution in [2.45, 2.75) is 20.8 Å². The summed E-state index contributed by atoms with van der Waals surface area (Å²) in [6.45, 7) is 7.47. The van der Waals surface area contributed by atoms with E-state index in [1.807, 2.05) is 6.92 Å². The molecule has 0 atom stereocenters. The zero-order valence-electron chi connectivity index (χ0n) is 8.66. The Hall–Kier alpha value is -0.770. The Morgan fingerprint density at radius 2 is 2.15 bits per heavy atom. The van der Waals surface area contributed by atoms with Crippen LogP contribution in [0.3, 0.4) is 0 Å². The highest BCUT2D eigenvalue weighted by Gasteiger charge is 2.11. The van der Waals surface area contributed by atoms with Gasteiger partial charge >= 0.3 is 0 Å². The molecule has 0 amide bonds. The summed E-state index contributed by atoms with van der Waals surface area (Å²) in [6, 6.07) is 0. The van der Waals surface area contributed by atoms with Gasteiger partial charge in [0.1, 0.15) is 10.8 Å². The van der Waals surface area contributed by atoms with Crippen LogP contribution >= 0.6 is 11.5 Å². The molecule has 0 spiro atoms. The highest BCUT2D eigenvalue weighted by molar-refractivity contribution is 7.10. The third-order valence-corrected chi connectivity index (χ3v) is 3.00. The minimum atomic E-state index is 0.660. The maximum atomic E-state index is 5.68. The highest BCUT2D eigenvalue weighted by atomic mass is 32.1. The molecule has 0 unspecified atom stereocenters. The van der Waals surface area contributed by atoms with Gasteiger partial charge in [-0.1, -0.05) is 13.8 Å². The van der Waals surface area contributed by atoms with Crippen molar-refractivity contribution in [2.75, 3.05) is 24.2 Å². The summed E-state index contributed by atoms with van der Waals surface area (Å²) in [5, 5.41) is 1.19. The van der Waals surface area contributed by atoms with Crippen LogP contribution in [0.15, 0.2) is 0 Å². The van der Waals surface area contributed by atoms with E-state index in [0.717, 1.165) is 12.1 Å². The van der Waals surface area contributed by atoms with Crippen LogP contribution in [0, 0.1) is 12.8 Å². The van der Waals surface area contributed by atoms with Gasteiger partial charge in [0, 0.05) is 19.2 Å². The smallest absolute Gasteiger partial charge is 0.142 e.